The van der Waals surface area contributed by atoms with Gasteiger partial charge >= 0.3 is 0 Å². The lowest BCUT2D eigenvalue weighted by atomic mass is 10.1. The summed E-state index contributed by atoms with van der Waals surface area (Å²) in [6.07, 6.45) is 1.59. The van der Waals surface area contributed by atoms with Gasteiger partial charge < -0.3 is 0 Å². The molecule has 0 aliphatic carbocycles. The van der Waals surface area contributed by atoms with E-state index in [1.165, 1.54) is 30.3 Å². The molecule has 0 fully saturated rings. The van der Waals surface area contributed by atoms with Gasteiger partial charge in [0, 0.05) is 22.4 Å². The Labute approximate surface area is 261 Å². The summed E-state index contributed by atoms with van der Waals surface area (Å²) in [5.74, 6) is 0. The molecule has 0 aliphatic heterocycles. The highest BCUT2D eigenvalue weighted by atomic mass is 32.2. The first-order valence-corrected chi connectivity index (χ1v) is 17.3. The molecule has 0 saturated carbocycles. The zero-order chi connectivity index (χ0) is 32.9. The number of benzene rings is 5. The van der Waals surface area contributed by atoms with Gasteiger partial charge in [-0.3, -0.25) is 18.6 Å². The van der Waals surface area contributed by atoms with Crippen LogP contribution in [0.2, 0.25) is 0 Å². The molecule has 3 N–H and O–H groups in total. The maximum atomic E-state index is 12.3. The number of fused-ring (bicyclic) bond motifs is 3. The molecule has 0 atom stereocenters. The highest BCUT2D eigenvalue weighted by molar-refractivity contribution is 7.86. The molecule has 0 amide bonds. The maximum Gasteiger partial charge on any atom is 0.296 e. The van der Waals surface area contributed by atoms with E-state index >= 15 is 0 Å². The monoisotopic (exact) mass is 677 g/mol. The van der Waals surface area contributed by atoms with Gasteiger partial charge in [-0.15, -0.1) is 20.5 Å². The lowest BCUT2D eigenvalue weighted by Crippen LogP contribution is -2.01. The summed E-state index contributed by atoms with van der Waals surface area (Å²) < 4.78 is 103. The quantitative estimate of drug-likeness (QED) is 0.115. The van der Waals surface area contributed by atoms with Crippen LogP contribution in [-0.4, -0.2) is 43.9 Å². The van der Waals surface area contributed by atoms with Gasteiger partial charge in [-0.1, -0.05) is 30.3 Å². The Morgan fingerprint density at radius 1 is 0.457 bits per heavy atom. The Kier molecular flexibility index (Phi) is 7.67. The van der Waals surface area contributed by atoms with Crippen LogP contribution in [0.4, 0.5) is 22.7 Å². The van der Waals surface area contributed by atoms with Crippen LogP contribution in [0.25, 0.3) is 32.4 Å². The predicted octanol–water partition coefficient (Wildman–Crippen LogP) is 7.11. The fourth-order valence-electron chi connectivity index (χ4n) is 4.81. The van der Waals surface area contributed by atoms with Crippen LogP contribution in [0.3, 0.4) is 0 Å². The highest BCUT2D eigenvalue weighted by Gasteiger charge is 2.22. The Morgan fingerprint density at radius 2 is 0.957 bits per heavy atom. The Balaban J connectivity index is 1.52. The number of hydrogen-bond donors (Lipinski definition) is 3. The topological polar surface area (TPSA) is 225 Å². The van der Waals surface area contributed by atoms with Crippen molar-refractivity contribution < 1.29 is 38.9 Å². The van der Waals surface area contributed by atoms with Crippen molar-refractivity contribution in [2.45, 2.75) is 14.7 Å². The first-order valence-electron chi connectivity index (χ1n) is 12.9. The van der Waals surface area contributed by atoms with E-state index in [1.54, 1.807) is 48.7 Å². The second-order valence-corrected chi connectivity index (χ2v) is 14.0. The van der Waals surface area contributed by atoms with Crippen molar-refractivity contribution in [2.75, 3.05) is 0 Å². The van der Waals surface area contributed by atoms with Gasteiger partial charge in [0.2, 0.25) is 0 Å². The second kappa shape index (κ2) is 11.4. The van der Waals surface area contributed by atoms with Crippen molar-refractivity contribution in [2.24, 2.45) is 20.5 Å². The maximum absolute atomic E-state index is 12.3. The highest BCUT2D eigenvalue weighted by Crippen LogP contribution is 2.38. The zero-order valence-electron chi connectivity index (χ0n) is 23.0. The van der Waals surface area contributed by atoms with Gasteiger partial charge in [0.1, 0.15) is 26.1 Å². The van der Waals surface area contributed by atoms with Crippen LogP contribution in [-0.2, 0) is 30.4 Å². The Bertz CT molecular complexity index is 2620. The molecule has 232 valence electrons. The molecule has 0 spiro atoms. The molecule has 17 heteroatoms. The van der Waals surface area contributed by atoms with Crippen molar-refractivity contribution in [3.05, 3.63) is 97.2 Å². The third-order valence-electron chi connectivity index (χ3n) is 6.84. The van der Waals surface area contributed by atoms with Gasteiger partial charge in [0.05, 0.1) is 16.9 Å². The minimum atomic E-state index is -4.95. The molecule has 1 aromatic heterocycles. The number of pyridine rings is 1. The lowest BCUT2D eigenvalue weighted by molar-refractivity contribution is 0.481. The number of nitrogens with zero attached hydrogens (tertiary/aromatic N) is 5. The molecule has 1 heterocycles. The van der Waals surface area contributed by atoms with Crippen molar-refractivity contribution in [3.8, 4) is 0 Å². The number of aromatic nitrogens is 1. The van der Waals surface area contributed by atoms with E-state index in [1.807, 2.05) is 0 Å². The van der Waals surface area contributed by atoms with Crippen LogP contribution in [0, 0.1) is 0 Å². The van der Waals surface area contributed by atoms with Crippen LogP contribution in [0.5, 0.6) is 0 Å². The van der Waals surface area contributed by atoms with Crippen LogP contribution < -0.4 is 0 Å². The first kappa shape index (κ1) is 31.0. The smallest absolute Gasteiger partial charge is 0.282 e. The predicted molar refractivity (Wildman–Crippen MR) is 167 cm³/mol. The molecular weight excluding hydrogens is 659 g/mol. The van der Waals surface area contributed by atoms with E-state index < -0.39 is 40.1 Å². The van der Waals surface area contributed by atoms with Crippen molar-refractivity contribution >= 4 is 85.6 Å². The number of hydrogen-bond acceptors (Lipinski definition) is 11. The molecule has 46 heavy (non-hydrogen) atoms. The van der Waals surface area contributed by atoms with Crippen molar-refractivity contribution in [3.63, 3.8) is 0 Å². The van der Waals surface area contributed by atoms with Gasteiger partial charge in [-0.05, 0) is 71.4 Å². The third-order valence-corrected chi connectivity index (χ3v) is 9.52. The standard InChI is InChI=1S/C29H19N5O9S3/c35-44(36,37)27-11-10-24(19-5-1-2-6-20(19)27)32-34-26-14-17-13-25(33-31-23-9-3-8-22-21(23)7-4-12-30-22)28(45(38,39)40)15-18(17)16-29(26)46(41,42)43/h1-16H,(H,35,36,37)(H,38,39,40)(H,41,42,43). The van der Waals surface area contributed by atoms with E-state index in [0.29, 0.717) is 16.6 Å². The summed E-state index contributed by atoms with van der Waals surface area (Å²) in [4.78, 5) is 2.45. The Hall–Kier alpha value is -5.04. The molecular formula is C29H19N5O9S3. The summed E-state index contributed by atoms with van der Waals surface area (Å²) in [7, 11) is -14.4. The van der Waals surface area contributed by atoms with E-state index in [-0.39, 0.29) is 43.5 Å². The number of azo groups is 2. The third kappa shape index (κ3) is 6.10. The Morgan fingerprint density at radius 3 is 1.54 bits per heavy atom. The van der Waals surface area contributed by atoms with Crippen LogP contribution >= 0.6 is 0 Å². The van der Waals surface area contributed by atoms with Crippen LogP contribution in [0.15, 0.2) is 132 Å². The summed E-state index contributed by atoms with van der Waals surface area (Å²) >= 11 is 0. The zero-order valence-corrected chi connectivity index (χ0v) is 25.4. The molecule has 5 aromatic carbocycles. The fourth-order valence-corrected chi connectivity index (χ4v) is 6.79. The minimum Gasteiger partial charge on any atom is -0.282 e. The molecule has 0 aliphatic rings. The molecule has 0 bridgehead atoms. The summed E-state index contributed by atoms with van der Waals surface area (Å²) in [5, 5.41) is 17.5. The van der Waals surface area contributed by atoms with E-state index in [2.05, 4.69) is 25.4 Å². The molecule has 0 radical (unpaired) electrons. The fraction of sp³-hybridized carbons (Fsp3) is 0. The second-order valence-electron chi connectivity index (χ2n) is 9.79. The lowest BCUT2D eigenvalue weighted by Gasteiger charge is -2.09. The normalized spacial score (nSPS) is 13.0. The number of rotatable bonds is 7. The first-order chi connectivity index (χ1) is 21.7. The average molecular weight is 678 g/mol. The SMILES string of the molecule is O=S(=O)(O)c1cc2cc(S(=O)(=O)O)c(N=Nc3ccc(S(=O)(=O)O)c4ccccc34)cc2cc1N=Nc1cccc2ncccc12. The van der Waals surface area contributed by atoms with E-state index in [9.17, 15) is 38.9 Å². The van der Waals surface area contributed by atoms with Gasteiger partial charge in [0.15, 0.2) is 0 Å². The molecule has 0 unspecified atom stereocenters. The van der Waals surface area contributed by atoms with Gasteiger partial charge in [0.25, 0.3) is 30.4 Å². The summed E-state index contributed by atoms with van der Waals surface area (Å²) in [6, 6.07) is 21.3. The van der Waals surface area contributed by atoms with Crippen LogP contribution in [0.1, 0.15) is 0 Å². The summed E-state index contributed by atoms with van der Waals surface area (Å²) in [6.45, 7) is 0. The van der Waals surface area contributed by atoms with E-state index in [4.69, 9.17) is 0 Å². The van der Waals surface area contributed by atoms with Gasteiger partial charge in [-0.2, -0.15) is 25.3 Å². The van der Waals surface area contributed by atoms with Crippen molar-refractivity contribution in [1.29, 1.82) is 0 Å². The average Bonchev–Trinajstić information content (AvgIpc) is 3.00. The molecule has 0 saturated heterocycles. The molecule has 14 nitrogen and oxygen atoms in total. The molecule has 6 rings (SSSR count). The summed E-state index contributed by atoms with van der Waals surface area (Å²) in [5.41, 5.74) is 0.423. The van der Waals surface area contributed by atoms with E-state index in [0.717, 1.165) is 18.2 Å². The largest absolute Gasteiger partial charge is 0.296 e. The van der Waals surface area contributed by atoms with Crippen molar-refractivity contribution in [1.82, 2.24) is 4.98 Å². The molecule has 6 aromatic rings. The minimum absolute atomic E-state index is 0.0181. The van der Waals surface area contributed by atoms with Gasteiger partial charge in [-0.25, -0.2) is 0 Å².